The van der Waals surface area contributed by atoms with Crippen molar-refractivity contribution in [1.82, 2.24) is 4.31 Å². The molecular formula is C15H18N2O2S. The number of anilines is 1. The third-order valence-corrected chi connectivity index (χ3v) is 5.80. The number of nitrogens with two attached hydrogens (primary N) is 1. The van der Waals surface area contributed by atoms with Crippen LogP contribution in [0.3, 0.4) is 0 Å². The van der Waals surface area contributed by atoms with Crippen molar-refractivity contribution < 1.29 is 8.42 Å². The number of nitrogens with zero attached hydrogens (tertiary/aromatic N) is 1. The number of hydrogen-bond acceptors (Lipinski definition) is 3. The Labute approximate surface area is 119 Å². The van der Waals surface area contributed by atoms with Crippen molar-refractivity contribution in [2.24, 2.45) is 0 Å². The molecule has 0 radical (unpaired) electrons. The molecule has 2 aromatic carbocycles. The molecule has 0 bridgehead atoms. The first-order valence-corrected chi connectivity index (χ1v) is 8.28. The molecule has 0 unspecified atom stereocenters. The summed E-state index contributed by atoms with van der Waals surface area (Å²) < 4.78 is 27.3. The van der Waals surface area contributed by atoms with Gasteiger partial charge < -0.3 is 5.73 Å². The summed E-state index contributed by atoms with van der Waals surface area (Å²) in [7, 11) is -3.43. The highest BCUT2D eigenvalue weighted by molar-refractivity contribution is 7.89. The van der Waals surface area contributed by atoms with Crippen LogP contribution >= 0.6 is 0 Å². The molecule has 1 fully saturated rings. The first-order chi connectivity index (χ1) is 9.54. The molecule has 0 spiro atoms. The number of sulfonamides is 1. The van der Waals surface area contributed by atoms with Gasteiger partial charge in [-0.25, -0.2) is 8.42 Å². The van der Waals surface area contributed by atoms with Gasteiger partial charge in [0.25, 0.3) is 0 Å². The summed E-state index contributed by atoms with van der Waals surface area (Å²) >= 11 is 0. The van der Waals surface area contributed by atoms with Crippen molar-refractivity contribution >= 4 is 26.5 Å². The van der Waals surface area contributed by atoms with Gasteiger partial charge in [0.2, 0.25) is 10.0 Å². The molecule has 20 heavy (non-hydrogen) atoms. The number of hydrogen-bond donors (Lipinski definition) is 1. The molecule has 1 aliphatic rings. The molecule has 5 heteroatoms. The van der Waals surface area contributed by atoms with Crippen LogP contribution in [0.5, 0.6) is 0 Å². The second kappa shape index (κ2) is 4.75. The summed E-state index contributed by atoms with van der Waals surface area (Å²) in [5, 5.41) is 1.60. The Morgan fingerprint density at radius 1 is 1.25 bits per heavy atom. The van der Waals surface area contributed by atoms with E-state index in [4.69, 9.17) is 5.73 Å². The minimum absolute atomic E-state index is 0.175. The summed E-state index contributed by atoms with van der Waals surface area (Å²) in [5.41, 5.74) is 6.41. The van der Waals surface area contributed by atoms with E-state index in [9.17, 15) is 8.42 Å². The summed E-state index contributed by atoms with van der Waals surface area (Å²) in [4.78, 5) is 0.378. The van der Waals surface area contributed by atoms with Crippen molar-refractivity contribution in [2.45, 2.75) is 30.7 Å². The zero-order valence-corrected chi connectivity index (χ0v) is 12.2. The molecule has 0 saturated heterocycles. The minimum atomic E-state index is -3.43. The molecule has 0 atom stereocenters. The zero-order valence-electron chi connectivity index (χ0n) is 11.4. The summed E-state index contributed by atoms with van der Waals surface area (Å²) in [6, 6.07) is 10.9. The van der Waals surface area contributed by atoms with E-state index in [0.29, 0.717) is 17.1 Å². The monoisotopic (exact) mass is 290 g/mol. The van der Waals surface area contributed by atoms with Crippen molar-refractivity contribution in [3.63, 3.8) is 0 Å². The van der Waals surface area contributed by atoms with Crippen LogP contribution in [-0.4, -0.2) is 25.3 Å². The Morgan fingerprint density at radius 2 is 2.00 bits per heavy atom. The molecular weight excluding hydrogens is 272 g/mol. The molecule has 0 heterocycles. The average molecular weight is 290 g/mol. The number of nitrogen functional groups attached to an aromatic ring is 1. The first kappa shape index (κ1) is 13.4. The van der Waals surface area contributed by atoms with Crippen LogP contribution < -0.4 is 5.73 Å². The maximum absolute atomic E-state index is 12.8. The van der Waals surface area contributed by atoms with Crippen LogP contribution in [0.4, 0.5) is 5.69 Å². The normalized spacial score (nSPS) is 15.9. The molecule has 0 aromatic heterocycles. The van der Waals surface area contributed by atoms with Crippen LogP contribution in [0.25, 0.3) is 10.8 Å². The fourth-order valence-electron chi connectivity index (χ4n) is 2.61. The van der Waals surface area contributed by atoms with Crippen LogP contribution in [0.1, 0.15) is 19.8 Å². The standard InChI is InChI=1S/C15H18N2O2S/c1-2-17(13-7-8-13)20(18,19)15-5-3-4-11-10-12(16)6-9-14(11)15/h3-6,9-10,13H,2,7-8,16H2,1H3. The average Bonchev–Trinajstić information content (AvgIpc) is 3.22. The molecule has 2 aromatic rings. The molecule has 3 rings (SSSR count). The van der Waals surface area contributed by atoms with Crippen LogP contribution in [0.15, 0.2) is 41.3 Å². The number of rotatable bonds is 4. The van der Waals surface area contributed by atoms with E-state index in [1.807, 2.05) is 19.1 Å². The van der Waals surface area contributed by atoms with Crippen LogP contribution in [0.2, 0.25) is 0 Å². The molecule has 1 saturated carbocycles. The zero-order chi connectivity index (χ0) is 14.3. The third-order valence-electron chi connectivity index (χ3n) is 3.72. The lowest BCUT2D eigenvalue weighted by atomic mass is 10.1. The van der Waals surface area contributed by atoms with Gasteiger partial charge in [0.1, 0.15) is 0 Å². The van der Waals surface area contributed by atoms with Gasteiger partial charge in [-0.3, -0.25) is 0 Å². The van der Waals surface area contributed by atoms with E-state index in [2.05, 4.69) is 0 Å². The van der Waals surface area contributed by atoms with E-state index in [1.165, 1.54) is 0 Å². The van der Waals surface area contributed by atoms with Gasteiger partial charge in [0.15, 0.2) is 0 Å². The summed E-state index contributed by atoms with van der Waals surface area (Å²) in [6.07, 6.45) is 1.93. The van der Waals surface area contributed by atoms with E-state index < -0.39 is 10.0 Å². The minimum Gasteiger partial charge on any atom is -0.399 e. The highest BCUT2D eigenvalue weighted by atomic mass is 32.2. The molecule has 2 N–H and O–H groups in total. The fraction of sp³-hybridized carbons (Fsp3) is 0.333. The Morgan fingerprint density at radius 3 is 2.65 bits per heavy atom. The van der Waals surface area contributed by atoms with Crippen molar-refractivity contribution in [3.05, 3.63) is 36.4 Å². The lowest BCUT2D eigenvalue weighted by Crippen LogP contribution is -2.33. The molecule has 4 nitrogen and oxygen atoms in total. The van der Waals surface area contributed by atoms with Gasteiger partial charge in [-0.05, 0) is 36.4 Å². The Balaban J connectivity index is 2.18. The molecule has 0 amide bonds. The van der Waals surface area contributed by atoms with Crippen molar-refractivity contribution in [2.75, 3.05) is 12.3 Å². The summed E-state index contributed by atoms with van der Waals surface area (Å²) in [5.74, 6) is 0. The van der Waals surface area contributed by atoms with E-state index >= 15 is 0 Å². The molecule has 0 aliphatic heterocycles. The lowest BCUT2D eigenvalue weighted by molar-refractivity contribution is 0.421. The largest absolute Gasteiger partial charge is 0.399 e. The number of benzene rings is 2. The van der Waals surface area contributed by atoms with Gasteiger partial charge in [-0.2, -0.15) is 4.31 Å². The highest BCUT2D eigenvalue weighted by Gasteiger charge is 2.37. The van der Waals surface area contributed by atoms with Crippen molar-refractivity contribution in [3.8, 4) is 0 Å². The SMILES string of the molecule is CCN(C1CC1)S(=O)(=O)c1cccc2cc(N)ccc12. The maximum Gasteiger partial charge on any atom is 0.243 e. The van der Waals surface area contributed by atoms with Gasteiger partial charge in [-0.1, -0.05) is 25.1 Å². The molecule has 106 valence electrons. The number of fused-ring (bicyclic) bond motifs is 1. The Kier molecular flexibility index (Phi) is 3.18. The van der Waals surface area contributed by atoms with Gasteiger partial charge in [0, 0.05) is 23.7 Å². The summed E-state index contributed by atoms with van der Waals surface area (Å²) in [6.45, 7) is 2.40. The van der Waals surface area contributed by atoms with Crippen LogP contribution in [0, 0.1) is 0 Å². The maximum atomic E-state index is 12.8. The van der Waals surface area contributed by atoms with Crippen LogP contribution in [-0.2, 0) is 10.0 Å². The second-order valence-electron chi connectivity index (χ2n) is 5.18. The van der Waals surface area contributed by atoms with Crippen molar-refractivity contribution in [1.29, 1.82) is 0 Å². The van der Waals surface area contributed by atoms with Gasteiger partial charge >= 0.3 is 0 Å². The quantitative estimate of drug-likeness (QED) is 0.880. The second-order valence-corrected chi connectivity index (χ2v) is 7.04. The third kappa shape index (κ3) is 2.17. The van der Waals surface area contributed by atoms with Gasteiger partial charge in [0.05, 0.1) is 4.90 Å². The predicted octanol–water partition coefficient (Wildman–Crippen LogP) is 2.60. The molecule has 1 aliphatic carbocycles. The predicted molar refractivity (Wildman–Crippen MR) is 80.9 cm³/mol. The van der Waals surface area contributed by atoms with E-state index in [1.54, 1.807) is 28.6 Å². The Hall–Kier alpha value is -1.59. The highest BCUT2D eigenvalue weighted by Crippen LogP contribution is 2.34. The van der Waals surface area contributed by atoms with Gasteiger partial charge in [-0.15, -0.1) is 0 Å². The lowest BCUT2D eigenvalue weighted by Gasteiger charge is -2.21. The smallest absolute Gasteiger partial charge is 0.243 e. The Bertz CT molecular complexity index is 752. The van der Waals surface area contributed by atoms with E-state index in [-0.39, 0.29) is 6.04 Å². The topological polar surface area (TPSA) is 63.4 Å². The fourth-order valence-corrected chi connectivity index (χ4v) is 4.52. The van der Waals surface area contributed by atoms with E-state index in [0.717, 1.165) is 23.6 Å². The first-order valence-electron chi connectivity index (χ1n) is 6.84.